The molecule has 41 heavy (non-hydrogen) atoms. The molecular formula is C30H31N5O6. The number of benzene rings is 2. The van der Waals surface area contributed by atoms with Gasteiger partial charge in [0.25, 0.3) is 11.8 Å². The molecule has 1 unspecified atom stereocenters. The summed E-state index contributed by atoms with van der Waals surface area (Å²) >= 11 is 0. The SMILES string of the molecule is COc1c(-c2ccc(C(=O)Nc3ccc(NCCO)cc3)cc2)nc2ccncc2c1C(=O)NOC1CCCCO1. The van der Waals surface area contributed by atoms with Crippen LogP contribution in [0.2, 0.25) is 0 Å². The Hall–Kier alpha value is -4.58. The lowest BCUT2D eigenvalue weighted by Gasteiger charge is -2.22. The van der Waals surface area contributed by atoms with Gasteiger partial charge in [-0.2, -0.15) is 0 Å². The molecule has 5 rings (SSSR count). The number of methoxy groups -OCH3 is 1. The average Bonchev–Trinajstić information content (AvgIpc) is 3.02. The number of aliphatic hydroxyl groups excluding tert-OH is 1. The van der Waals surface area contributed by atoms with Crippen molar-refractivity contribution in [1.29, 1.82) is 0 Å². The normalized spacial score (nSPS) is 14.8. The van der Waals surface area contributed by atoms with Gasteiger partial charge in [0, 0.05) is 59.9 Å². The van der Waals surface area contributed by atoms with E-state index in [2.05, 4.69) is 21.1 Å². The first-order valence-corrected chi connectivity index (χ1v) is 13.3. The Labute approximate surface area is 236 Å². The molecule has 4 N–H and O–H groups in total. The van der Waals surface area contributed by atoms with E-state index in [1.54, 1.807) is 54.9 Å². The van der Waals surface area contributed by atoms with E-state index < -0.39 is 12.2 Å². The first-order valence-electron chi connectivity index (χ1n) is 13.3. The van der Waals surface area contributed by atoms with E-state index in [-0.39, 0.29) is 23.8 Å². The molecule has 1 atom stereocenters. The topological polar surface area (TPSA) is 144 Å². The summed E-state index contributed by atoms with van der Waals surface area (Å²) in [5.41, 5.74) is 6.30. The van der Waals surface area contributed by atoms with Gasteiger partial charge in [-0.1, -0.05) is 12.1 Å². The van der Waals surface area contributed by atoms with Crippen LogP contribution in [-0.4, -0.2) is 60.0 Å². The minimum Gasteiger partial charge on any atom is -0.494 e. The van der Waals surface area contributed by atoms with Gasteiger partial charge >= 0.3 is 0 Å². The smallest absolute Gasteiger partial charge is 0.279 e. The molecule has 2 aromatic carbocycles. The van der Waals surface area contributed by atoms with Gasteiger partial charge in [0.05, 0.1) is 24.8 Å². The molecule has 4 aromatic rings. The summed E-state index contributed by atoms with van der Waals surface area (Å²) in [6.45, 7) is 1.06. The number of aromatic nitrogens is 2. The lowest BCUT2D eigenvalue weighted by atomic mass is 10.0. The molecule has 2 amide bonds. The lowest BCUT2D eigenvalue weighted by molar-refractivity contribution is -0.186. The maximum Gasteiger partial charge on any atom is 0.279 e. The predicted octanol–water partition coefficient (Wildman–Crippen LogP) is 4.15. The fourth-order valence-electron chi connectivity index (χ4n) is 4.54. The molecule has 2 aromatic heterocycles. The molecular weight excluding hydrogens is 526 g/mol. The van der Waals surface area contributed by atoms with E-state index in [9.17, 15) is 9.59 Å². The minimum atomic E-state index is -0.510. The molecule has 1 aliphatic heterocycles. The molecule has 0 aliphatic carbocycles. The fraction of sp³-hybridized carbons (Fsp3) is 0.267. The first-order chi connectivity index (χ1) is 20.1. The number of anilines is 2. The second kappa shape index (κ2) is 13.2. The van der Waals surface area contributed by atoms with E-state index in [1.165, 1.54) is 7.11 Å². The first kappa shape index (κ1) is 28.0. The highest BCUT2D eigenvalue weighted by molar-refractivity contribution is 6.10. The van der Waals surface area contributed by atoms with E-state index in [1.807, 2.05) is 12.1 Å². The van der Waals surface area contributed by atoms with Crippen LogP contribution < -0.4 is 20.9 Å². The molecule has 1 aliphatic rings. The third-order valence-corrected chi connectivity index (χ3v) is 6.60. The summed E-state index contributed by atoms with van der Waals surface area (Å²) in [4.78, 5) is 40.7. The zero-order valence-corrected chi connectivity index (χ0v) is 22.6. The molecule has 0 radical (unpaired) electrons. The fourth-order valence-corrected chi connectivity index (χ4v) is 4.54. The number of carbonyl (C=O) groups excluding carboxylic acids is 2. The number of fused-ring (bicyclic) bond motifs is 1. The summed E-state index contributed by atoms with van der Waals surface area (Å²) in [7, 11) is 1.47. The largest absolute Gasteiger partial charge is 0.494 e. The maximum atomic E-state index is 13.4. The van der Waals surface area contributed by atoms with Crippen LogP contribution in [0.3, 0.4) is 0 Å². The number of ether oxygens (including phenoxy) is 2. The van der Waals surface area contributed by atoms with Crippen molar-refractivity contribution in [3.8, 4) is 17.0 Å². The highest BCUT2D eigenvalue weighted by atomic mass is 16.8. The van der Waals surface area contributed by atoms with Crippen molar-refractivity contribution in [2.24, 2.45) is 0 Å². The van der Waals surface area contributed by atoms with Crippen LogP contribution in [0.4, 0.5) is 11.4 Å². The Balaban J connectivity index is 1.38. The monoisotopic (exact) mass is 557 g/mol. The van der Waals surface area contributed by atoms with Crippen molar-refractivity contribution in [3.05, 3.63) is 78.1 Å². The Morgan fingerprint density at radius 3 is 2.51 bits per heavy atom. The molecule has 0 bridgehead atoms. The second-order valence-electron chi connectivity index (χ2n) is 9.37. The van der Waals surface area contributed by atoms with E-state index >= 15 is 0 Å². The Morgan fingerprint density at radius 1 is 1.02 bits per heavy atom. The van der Waals surface area contributed by atoms with Gasteiger partial charge in [-0.15, -0.1) is 0 Å². The van der Waals surface area contributed by atoms with Gasteiger partial charge in [0.2, 0.25) is 0 Å². The van der Waals surface area contributed by atoms with Crippen molar-refractivity contribution in [1.82, 2.24) is 15.4 Å². The van der Waals surface area contributed by atoms with Gasteiger partial charge in [0.15, 0.2) is 12.0 Å². The van der Waals surface area contributed by atoms with Crippen LogP contribution >= 0.6 is 0 Å². The van der Waals surface area contributed by atoms with Gasteiger partial charge in [-0.3, -0.25) is 14.6 Å². The summed E-state index contributed by atoms with van der Waals surface area (Å²) in [6, 6.07) is 15.8. The van der Waals surface area contributed by atoms with Crippen molar-refractivity contribution >= 4 is 34.1 Å². The van der Waals surface area contributed by atoms with Crippen LogP contribution in [0, 0.1) is 0 Å². The molecule has 3 heterocycles. The van der Waals surface area contributed by atoms with Crippen molar-refractivity contribution in [3.63, 3.8) is 0 Å². The Kier molecular flexibility index (Phi) is 8.99. The minimum absolute atomic E-state index is 0.0328. The Bertz CT molecular complexity index is 1500. The second-order valence-corrected chi connectivity index (χ2v) is 9.37. The van der Waals surface area contributed by atoms with Gasteiger partial charge < -0.3 is 25.2 Å². The quantitative estimate of drug-likeness (QED) is 0.211. The number of amides is 2. The number of nitrogens with zero attached hydrogens (tertiary/aromatic N) is 2. The van der Waals surface area contributed by atoms with Crippen molar-refractivity contribution < 1.29 is 29.0 Å². The standard InChI is InChI=1S/C30H31N5O6/c1-39-28-26(30(38)35-41-25-4-2-3-17-40-25)23-18-31-14-13-24(23)34-27(28)19-5-7-20(8-6-19)29(37)33-22-11-9-21(10-12-22)32-15-16-36/h5-14,18,25,32,36H,2-4,15-17H2,1H3,(H,33,37)(H,35,38). The van der Waals surface area contributed by atoms with Gasteiger partial charge in [-0.05, 0) is 55.3 Å². The van der Waals surface area contributed by atoms with Crippen LogP contribution in [0.25, 0.3) is 22.2 Å². The Morgan fingerprint density at radius 2 is 1.80 bits per heavy atom. The number of hydrogen-bond acceptors (Lipinski definition) is 9. The summed E-state index contributed by atoms with van der Waals surface area (Å²) in [6.07, 6.45) is 5.26. The lowest BCUT2D eigenvalue weighted by Crippen LogP contribution is -2.33. The van der Waals surface area contributed by atoms with Gasteiger partial charge in [0.1, 0.15) is 5.69 Å². The number of aliphatic hydroxyl groups is 1. The van der Waals surface area contributed by atoms with Crippen LogP contribution in [0.15, 0.2) is 67.0 Å². The highest BCUT2D eigenvalue weighted by Gasteiger charge is 2.25. The average molecular weight is 558 g/mol. The summed E-state index contributed by atoms with van der Waals surface area (Å²) in [5, 5.41) is 15.4. The summed E-state index contributed by atoms with van der Waals surface area (Å²) in [5.74, 6) is -0.534. The number of hydrogen-bond donors (Lipinski definition) is 4. The maximum absolute atomic E-state index is 13.4. The van der Waals surface area contributed by atoms with Crippen LogP contribution in [-0.2, 0) is 9.57 Å². The van der Waals surface area contributed by atoms with Crippen LogP contribution in [0.1, 0.15) is 40.0 Å². The van der Waals surface area contributed by atoms with Crippen molar-refractivity contribution in [2.75, 3.05) is 37.5 Å². The third-order valence-electron chi connectivity index (χ3n) is 6.60. The predicted molar refractivity (Wildman–Crippen MR) is 154 cm³/mol. The third kappa shape index (κ3) is 6.60. The summed E-state index contributed by atoms with van der Waals surface area (Å²) < 4.78 is 11.3. The van der Waals surface area contributed by atoms with E-state index in [4.69, 9.17) is 24.4 Å². The molecule has 1 saturated heterocycles. The van der Waals surface area contributed by atoms with Crippen molar-refractivity contribution in [2.45, 2.75) is 25.6 Å². The number of pyridine rings is 2. The molecule has 1 fully saturated rings. The van der Waals surface area contributed by atoms with E-state index in [0.717, 1.165) is 18.5 Å². The molecule has 11 nitrogen and oxygen atoms in total. The molecule has 0 spiro atoms. The number of hydroxylamine groups is 1. The van der Waals surface area contributed by atoms with Crippen LogP contribution in [0.5, 0.6) is 5.75 Å². The number of carbonyl (C=O) groups is 2. The zero-order chi connectivity index (χ0) is 28.6. The zero-order valence-electron chi connectivity index (χ0n) is 22.6. The molecule has 0 saturated carbocycles. The van der Waals surface area contributed by atoms with E-state index in [0.29, 0.717) is 53.0 Å². The molecule has 11 heteroatoms. The van der Waals surface area contributed by atoms with Gasteiger partial charge in [-0.25, -0.2) is 15.3 Å². The molecule has 212 valence electrons. The highest BCUT2D eigenvalue weighted by Crippen LogP contribution is 2.36. The number of nitrogens with one attached hydrogen (secondary N) is 3. The number of rotatable bonds is 10.